The Bertz CT molecular complexity index is 1220. The Morgan fingerprint density at radius 1 is 1.00 bits per heavy atom. The highest BCUT2D eigenvalue weighted by Gasteiger charge is 2.82. The van der Waals surface area contributed by atoms with Gasteiger partial charge in [-0.25, -0.2) is 0 Å². The van der Waals surface area contributed by atoms with Crippen molar-refractivity contribution in [2.45, 2.75) is 149 Å². The van der Waals surface area contributed by atoms with Gasteiger partial charge in [0.1, 0.15) is 23.9 Å². The summed E-state index contributed by atoms with van der Waals surface area (Å²) >= 11 is 0. The van der Waals surface area contributed by atoms with Gasteiger partial charge in [0.05, 0.1) is 17.4 Å². The minimum absolute atomic E-state index is 0.0455. The molecule has 0 aromatic heterocycles. The van der Waals surface area contributed by atoms with Gasteiger partial charge in [-0.1, -0.05) is 112 Å². The van der Waals surface area contributed by atoms with E-state index in [1.807, 2.05) is 34.6 Å². The Morgan fingerprint density at radius 3 is 2.17 bits per heavy atom. The third-order valence-corrected chi connectivity index (χ3v) is 12.3. The largest absolute Gasteiger partial charge is 0.465 e. The van der Waals surface area contributed by atoms with Crippen LogP contribution in [0.3, 0.4) is 0 Å². The van der Waals surface area contributed by atoms with Crippen molar-refractivity contribution >= 4 is 17.7 Å². The Balaban J connectivity index is 1.59. The van der Waals surface area contributed by atoms with Crippen molar-refractivity contribution in [2.24, 2.45) is 40.4 Å². The molecule has 9 atom stereocenters. The summed E-state index contributed by atoms with van der Waals surface area (Å²) in [5, 5.41) is 35.6. The lowest BCUT2D eigenvalue weighted by atomic mass is 9.59. The second-order valence-corrected chi connectivity index (χ2v) is 15.9. The molecular formula is C38H60O8. The van der Waals surface area contributed by atoms with Gasteiger partial charge >= 0.3 is 11.9 Å². The molecule has 0 heterocycles. The minimum atomic E-state index is -2.25. The summed E-state index contributed by atoms with van der Waals surface area (Å²) in [5.41, 5.74) is -4.66. The van der Waals surface area contributed by atoms with E-state index < -0.39 is 58.0 Å². The SMILES string of the molecule is CCCCCCCCCCCC(=O)O[C@@]12C[C@@H](C)C34C=C(C)[C@H](O)[C@@]3(O)[C@H](O)C(COC(=O)C(C)C(C)C)C=C(C4=O)[C@@H]1C2(C)C. The zero-order chi connectivity index (χ0) is 34.2. The summed E-state index contributed by atoms with van der Waals surface area (Å²) in [7, 11) is 0. The number of aliphatic hydroxyl groups is 3. The molecular weight excluding hydrogens is 584 g/mol. The quantitative estimate of drug-likeness (QED) is 0.108. The van der Waals surface area contributed by atoms with Gasteiger partial charge in [0.2, 0.25) is 0 Å². The number of Topliss-reactive ketones (excluding diaryl/α,β-unsaturated/α-hetero) is 1. The summed E-state index contributed by atoms with van der Waals surface area (Å²) in [4.78, 5) is 40.9. The molecule has 2 saturated carbocycles. The first-order chi connectivity index (χ1) is 21.5. The molecule has 8 nitrogen and oxygen atoms in total. The molecule has 1 spiro atoms. The Labute approximate surface area is 276 Å². The van der Waals surface area contributed by atoms with Crippen LogP contribution in [0, 0.1) is 40.4 Å². The number of rotatable bonds is 15. The molecule has 4 aliphatic rings. The van der Waals surface area contributed by atoms with Gasteiger partial charge in [-0.05, 0) is 37.2 Å². The van der Waals surface area contributed by atoms with Crippen LogP contribution in [0.15, 0.2) is 23.3 Å². The lowest BCUT2D eigenvalue weighted by molar-refractivity contribution is -0.207. The molecule has 0 amide bonds. The predicted molar refractivity (Wildman–Crippen MR) is 176 cm³/mol. The minimum Gasteiger partial charge on any atom is -0.465 e. The lowest BCUT2D eigenvalue weighted by Gasteiger charge is -2.48. The van der Waals surface area contributed by atoms with Crippen LogP contribution < -0.4 is 0 Å². The summed E-state index contributed by atoms with van der Waals surface area (Å²) in [6.45, 7) is 15.1. The first-order valence-electron chi connectivity index (χ1n) is 18.0. The molecule has 0 saturated heterocycles. The molecule has 2 bridgehead atoms. The number of fused-ring (bicyclic) bond motifs is 3. The van der Waals surface area contributed by atoms with Crippen LogP contribution in [0.4, 0.5) is 0 Å². The summed E-state index contributed by atoms with van der Waals surface area (Å²) in [5.74, 6) is -3.42. The van der Waals surface area contributed by atoms with E-state index in [9.17, 15) is 29.7 Å². The van der Waals surface area contributed by atoms with Gasteiger partial charge < -0.3 is 24.8 Å². The fourth-order valence-electron chi connectivity index (χ4n) is 8.97. The molecule has 260 valence electrons. The van der Waals surface area contributed by atoms with Crippen LogP contribution in [0.2, 0.25) is 0 Å². The lowest BCUT2D eigenvalue weighted by Crippen LogP contribution is -2.66. The molecule has 8 heteroatoms. The zero-order valence-electron chi connectivity index (χ0n) is 29.6. The van der Waals surface area contributed by atoms with Crippen LogP contribution in [-0.4, -0.2) is 63.1 Å². The third-order valence-electron chi connectivity index (χ3n) is 12.3. The average molecular weight is 645 g/mol. The van der Waals surface area contributed by atoms with Crippen molar-refractivity contribution in [3.05, 3.63) is 23.3 Å². The standard InChI is InChI=1S/C38H60O8/c1-9-10-11-12-13-14-15-16-17-18-29(39)46-37-21-25(5)36-20-24(4)31(40)38(36,44)32(41)27(22-45-34(43)26(6)23(2)3)19-28(33(36)42)30(37)35(37,7)8/h19-20,23,25-27,30-32,40-41,44H,9-18,21-22H2,1-8H3/t25-,26?,27?,30-,31+,32-,36?,37+,38-/m1/s1. The van der Waals surface area contributed by atoms with Crippen LogP contribution in [-0.2, 0) is 23.9 Å². The van der Waals surface area contributed by atoms with Crippen molar-refractivity contribution in [1.82, 2.24) is 0 Å². The maximum atomic E-state index is 14.7. The molecule has 0 aromatic carbocycles. The summed E-state index contributed by atoms with van der Waals surface area (Å²) in [6.07, 6.45) is 11.1. The molecule has 2 fully saturated rings. The average Bonchev–Trinajstić information content (AvgIpc) is 3.41. The number of hydrogen-bond acceptors (Lipinski definition) is 8. The van der Waals surface area contributed by atoms with Gasteiger partial charge in [0.25, 0.3) is 0 Å². The van der Waals surface area contributed by atoms with E-state index in [1.54, 1.807) is 26.0 Å². The van der Waals surface area contributed by atoms with E-state index in [1.165, 1.54) is 38.5 Å². The fourth-order valence-corrected chi connectivity index (χ4v) is 8.97. The zero-order valence-corrected chi connectivity index (χ0v) is 29.6. The summed E-state index contributed by atoms with van der Waals surface area (Å²) < 4.78 is 12.1. The normalized spacial score (nSPS) is 36.5. The predicted octanol–water partition coefficient (Wildman–Crippen LogP) is 6.24. The molecule has 3 N–H and O–H groups in total. The number of aliphatic hydroxyl groups excluding tert-OH is 2. The fraction of sp³-hybridized carbons (Fsp3) is 0.816. The van der Waals surface area contributed by atoms with E-state index in [2.05, 4.69) is 6.92 Å². The van der Waals surface area contributed by atoms with E-state index in [0.29, 0.717) is 24.0 Å². The van der Waals surface area contributed by atoms with E-state index in [4.69, 9.17) is 9.47 Å². The van der Waals surface area contributed by atoms with Crippen molar-refractivity contribution in [2.75, 3.05) is 6.61 Å². The van der Waals surface area contributed by atoms with Gasteiger partial charge in [-0.15, -0.1) is 0 Å². The molecule has 0 radical (unpaired) electrons. The third kappa shape index (κ3) is 5.93. The van der Waals surface area contributed by atoms with Crippen molar-refractivity contribution in [1.29, 1.82) is 0 Å². The number of carbonyl (C=O) groups excluding carboxylic acids is 3. The number of esters is 2. The maximum absolute atomic E-state index is 14.7. The number of unbranched alkanes of at least 4 members (excludes halogenated alkanes) is 8. The van der Waals surface area contributed by atoms with Crippen molar-refractivity contribution in [3.8, 4) is 0 Å². The summed E-state index contributed by atoms with van der Waals surface area (Å²) in [6, 6.07) is 0. The van der Waals surface area contributed by atoms with E-state index in [-0.39, 0.29) is 30.2 Å². The molecule has 4 aliphatic carbocycles. The Hall–Kier alpha value is -2.03. The first kappa shape index (κ1) is 36.8. The van der Waals surface area contributed by atoms with E-state index in [0.717, 1.165) is 19.3 Å². The van der Waals surface area contributed by atoms with Gasteiger partial charge in [0.15, 0.2) is 5.78 Å². The molecule has 0 aliphatic heterocycles. The molecule has 46 heavy (non-hydrogen) atoms. The van der Waals surface area contributed by atoms with Crippen molar-refractivity contribution in [3.63, 3.8) is 0 Å². The van der Waals surface area contributed by atoms with E-state index >= 15 is 0 Å². The van der Waals surface area contributed by atoms with Crippen LogP contribution in [0.5, 0.6) is 0 Å². The highest BCUT2D eigenvalue weighted by atomic mass is 16.6. The first-order valence-corrected chi connectivity index (χ1v) is 18.0. The van der Waals surface area contributed by atoms with Crippen LogP contribution in [0.1, 0.15) is 126 Å². The molecule has 0 aromatic rings. The molecule has 4 rings (SSSR count). The van der Waals surface area contributed by atoms with Gasteiger partial charge in [-0.3, -0.25) is 14.4 Å². The smallest absolute Gasteiger partial charge is 0.308 e. The van der Waals surface area contributed by atoms with Crippen LogP contribution >= 0.6 is 0 Å². The second-order valence-electron chi connectivity index (χ2n) is 15.9. The topological polar surface area (TPSA) is 130 Å². The Kier molecular flexibility index (Phi) is 11.1. The number of hydrogen-bond donors (Lipinski definition) is 3. The highest BCUT2D eigenvalue weighted by Crippen LogP contribution is 2.75. The second kappa shape index (κ2) is 13.8. The number of ether oxygens (including phenoxy) is 2. The number of carbonyl (C=O) groups is 3. The molecule has 3 unspecified atom stereocenters. The highest BCUT2D eigenvalue weighted by molar-refractivity contribution is 6.06. The van der Waals surface area contributed by atoms with Crippen LogP contribution in [0.25, 0.3) is 0 Å². The maximum Gasteiger partial charge on any atom is 0.308 e. The Morgan fingerprint density at radius 2 is 1.59 bits per heavy atom. The van der Waals surface area contributed by atoms with Crippen molar-refractivity contribution < 1.29 is 39.2 Å². The van der Waals surface area contributed by atoms with Gasteiger partial charge in [-0.2, -0.15) is 0 Å². The van der Waals surface area contributed by atoms with Gasteiger partial charge in [0, 0.05) is 29.2 Å². The number of ketones is 1. The monoisotopic (exact) mass is 644 g/mol.